The van der Waals surface area contributed by atoms with Crippen LogP contribution < -0.4 is 5.32 Å². The molecule has 0 atom stereocenters. The molecule has 0 aliphatic carbocycles. The van der Waals surface area contributed by atoms with E-state index in [1.54, 1.807) is 23.5 Å². The first-order valence-corrected chi connectivity index (χ1v) is 7.53. The van der Waals surface area contributed by atoms with E-state index in [2.05, 4.69) is 35.0 Å². The Morgan fingerprint density at radius 3 is 2.90 bits per heavy atom. The molecule has 3 aromatic rings. The van der Waals surface area contributed by atoms with E-state index in [0.29, 0.717) is 5.56 Å². The van der Waals surface area contributed by atoms with E-state index >= 15 is 0 Å². The second-order valence-corrected chi connectivity index (χ2v) is 5.59. The van der Waals surface area contributed by atoms with E-state index in [-0.39, 0.29) is 5.97 Å². The summed E-state index contributed by atoms with van der Waals surface area (Å²) in [6.45, 7) is 0.731. The molecule has 0 aliphatic heterocycles. The summed E-state index contributed by atoms with van der Waals surface area (Å²) in [5.74, 6) is -0.320. The van der Waals surface area contributed by atoms with Crippen LogP contribution in [-0.4, -0.2) is 13.1 Å². The topological polar surface area (TPSA) is 38.3 Å². The van der Waals surface area contributed by atoms with Crippen molar-refractivity contribution in [3.8, 4) is 0 Å². The highest BCUT2D eigenvalue weighted by molar-refractivity contribution is 7.17. The Labute approximate surface area is 127 Å². The normalized spacial score (nSPS) is 10.5. The van der Waals surface area contributed by atoms with Gasteiger partial charge in [0.25, 0.3) is 0 Å². The molecular weight excluding hydrogens is 282 g/mol. The van der Waals surface area contributed by atoms with Crippen molar-refractivity contribution in [2.24, 2.45) is 0 Å². The average Bonchev–Trinajstić information content (AvgIpc) is 2.95. The molecule has 106 valence electrons. The maximum Gasteiger partial charge on any atom is 0.337 e. The first-order valence-electron chi connectivity index (χ1n) is 6.65. The molecule has 1 aromatic heterocycles. The molecule has 0 spiro atoms. The van der Waals surface area contributed by atoms with Crippen molar-refractivity contribution in [3.63, 3.8) is 0 Å². The van der Waals surface area contributed by atoms with E-state index in [1.165, 1.54) is 22.8 Å². The van der Waals surface area contributed by atoms with Gasteiger partial charge in [-0.3, -0.25) is 0 Å². The van der Waals surface area contributed by atoms with E-state index in [4.69, 9.17) is 4.74 Å². The minimum atomic E-state index is -0.320. The molecule has 0 saturated carbocycles. The lowest BCUT2D eigenvalue weighted by molar-refractivity contribution is 0.0601. The molecule has 2 aromatic carbocycles. The fourth-order valence-corrected chi connectivity index (χ4v) is 3.20. The number of esters is 1. The van der Waals surface area contributed by atoms with Crippen LogP contribution in [0.1, 0.15) is 15.9 Å². The first kappa shape index (κ1) is 13.6. The molecule has 3 rings (SSSR count). The highest BCUT2D eigenvalue weighted by atomic mass is 32.1. The Hall–Kier alpha value is -2.33. The maximum absolute atomic E-state index is 11.5. The van der Waals surface area contributed by atoms with Gasteiger partial charge in [0, 0.05) is 16.9 Å². The third kappa shape index (κ3) is 2.90. The predicted octanol–water partition coefficient (Wildman–Crippen LogP) is 4.30. The molecule has 0 bridgehead atoms. The number of fused-ring (bicyclic) bond motifs is 1. The van der Waals surface area contributed by atoms with Crippen LogP contribution in [0.4, 0.5) is 5.69 Å². The Morgan fingerprint density at radius 2 is 2.05 bits per heavy atom. The average molecular weight is 297 g/mol. The maximum atomic E-state index is 11.5. The third-order valence-corrected chi connectivity index (χ3v) is 4.34. The summed E-state index contributed by atoms with van der Waals surface area (Å²) in [4.78, 5) is 11.5. The number of nitrogens with one attached hydrogen (secondary N) is 1. The van der Waals surface area contributed by atoms with E-state index in [1.807, 2.05) is 12.1 Å². The number of carbonyl (C=O) groups is 1. The number of methoxy groups -OCH3 is 1. The van der Waals surface area contributed by atoms with Gasteiger partial charge in [0.05, 0.1) is 12.7 Å². The van der Waals surface area contributed by atoms with Crippen LogP contribution in [0, 0.1) is 0 Å². The summed E-state index contributed by atoms with van der Waals surface area (Å²) in [6.07, 6.45) is 0. The molecular formula is C17H15NO2S. The summed E-state index contributed by atoms with van der Waals surface area (Å²) in [6, 6.07) is 15.7. The van der Waals surface area contributed by atoms with Crippen molar-refractivity contribution < 1.29 is 9.53 Å². The number of benzene rings is 2. The van der Waals surface area contributed by atoms with Crippen molar-refractivity contribution in [2.75, 3.05) is 12.4 Å². The smallest absolute Gasteiger partial charge is 0.337 e. The minimum absolute atomic E-state index is 0.320. The largest absolute Gasteiger partial charge is 0.465 e. The second kappa shape index (κ2) is 5.97. The van der Waals surface area contributed by atoms with E-state index < -0.39 is 0 Å². The van der Waals surface area contributed by atoms with Crippen LogP contribution in [0.2, 0.25) is 0 Å². The van der Waals surface area contributed by atoms with Gasteiger partial charge in [-0.2, -0.15) is 0 Å². The Morgan fingerprint density at radius 1 is 1.19 bits per heavy atom. The number of ether oxygens (including phenoxy) is 1. The lowest BCUT2D eigenvalue weighted by Crippen LogP contribution is -2.03. The van der Waals surface area contributed by atoms with Crippen LogP contribution in [0.25, 0.3) is 10.1 Å². The second-order valence-electron chi connectivity index (χ2n) is 4.68. The Kier molecular flexibility index (Phi) is 3.88. The monoisotopic (exact) mass is 297 g/mol. The van der Waals surface area contributed by atoms with Crippen molar-refractivity contribution in [3.05, 3.63) is 65.0 Å². The predicted molar refractivity (Wildman–Crippen MR) is 86.9 cm³/mol. The van der Waals surface area contributed by atoms with E-state index in [9.17, 15) is 4.79 Å². The zero-order valence-electron chi connectivity index (χ0n) is 11.6. The number of rotatable bonds is 4. The molecule has 0 amide bonds. The SMILES string of the molecule is COC(=O)c1cccc(NCc2csc3ccccc23)c1. The van der Waals surface area contributed by atoms with Gasteiger partial charge in [-0.25, -0.2) is 4.79 Å². The summed E-state index contributed by atoms with van der Waals surface area (Å²) in [5, 5.41) is 6.80. The zero-order valence-corrected chi connectivity index (χ0v) is 12.4. The molecule has 0 aliphatic rings. The third-order valence-electron chi connectivity index (χ3n) is 3.33. The molecule has 4 heteroatoms. The molecule has 1 heterocycles. The molecule has 3 nitrogen and oxygen atoms in total. The van der Waals surface area contributed by atoms with Gasteiger partial charge in [0.2, 0.25) is 0 Å². The van der Waals surface area contributed by atoms with Gasteiger partial charge in [0.1, 0.15) is 0 Å². The lowest BCUT2D eigenvalue weighted by atomic mass is 10.1. The lowest BCUT2D eigenvalue weighted by Gasteiger charge is -2.07. The van der Waals surface area contributed by atoms with Crippen molar-refractivity contribution >= 4 is 33.1 Å². The molecule has 0 fully saturated rings. The molecule has 21 heavy (non-hydrogen) atoms. The molecule has 0 unspecified atom stereocenters. The summed E-state index contributed by atoms with van der Waals surface area (Å²) in [7, 11) is 1.39. The highest BCUT2D eigenvalue weighted by Crippen LogP contribution is 2.26. The van der Waals surface area contributed by atoms with Crippen LogP contribution >= 0.6 is 11.3 Å². The van der Waals surface area contributed by atoms with E-state index in [0.717, 1.165) is 12.2 Å². The molecule has 0 saturated heterocycles. The number of carbonyl (C=O) groups excluding carboxylic acids is 1. The van der Waals surface area contributed by atoms with Gasteiger partial charge in [-0.15, -0.1) is 11.3 Å². The van der Waals surface area contributed by atoms with Gasteiger partial charge in [-0.1, -0.05) is 24.3 Å². The van der Waals surface area contributed by atoms with Crippen LogP contribution in [0.3, 0.4) is 0 Å². The highest BCUT2D eigenvalue weighted by Gasteiger charge is 2.06. The van der Waals surface area contributed by atoms with Gasteiger partial charge in [0.15, 0.2) is 0 Å². The first-order chi connectivity index (χ1) is 10.3. The Bertz CT molecular complexity index is 779. The van der Waals surface area contributed by atoms with Crippen molar-refractivity contribution in [1.82, 2.24) is 0 Å². The van der Waals surface area contributed by atoms with Crippen LogP contribution in [-0.2, 0) is 11.3 Å². The van der Waals surface area contributed by atoms with Crippen molar-refractivity contribution in [2.45, 2.75) is 6.54 Å². The summed E-state index contributed by atoms with van der Waals surface area (Å²) >= 11 is 1.75. The number of hydrogen-bond acceptors (Lipinski definition) is 4. The zero-order chi connectivity index (χ0) is 14.7. The van der Waals surface area contributed by atoms with Gasteiger partial charge >= 0.3 is 5.97 Å². The quantitative estimate of drug-likeness (QED) is 0.730. The molecule has 0 radical (unpaired) electrons. The summed E-state index contributed by atoms with van der Waals surface area (Å²) < 4.78 is 6.02. The number of anilines is 1. The molecule has 1 N–H and O–H groups in total. The van der Waals surface area contributed by atoms with Crippen molar-refractivity contribution in [1.29, 1.82) is 0 Å². The standard InChI is InChI=1S/C17H15NO2S/c1-20-17(19)12-5-4-6-14(9-12)18-10-13-11-21-16-8-3-2-7-15(13)16/h2-9,11,18H,10H2,1H3. The van der Waals surface area contributed by atoms with Crippen LogP contribution in [0.15, 0.2) is 53.9 Å². The fourth-order valence-electron chi connectivity index (χ4n) is 2.24. The van der Waals surface area contributed by atoms with Gasteiger partial charge < -0.3 is 10.1 Å². The fraction of sp³-hybridized carbons (Fsp3) is 0.118. The minimum Gasteiger partial charge on any atom is -0.465 e. The van der Waals surface area contributed by atoms with Gasteiger partial charge in [-0.05, 0) is 40.6 Å². The number of thiophene rings is 1. The van der Waals surface area contributed by atoms with Crippen LogP contribution in [0.5, 0.6) is 0 Å². The number of hydrogen-bond donors (Lipinski definition) is 1. The summed E-state index contributed by atoms with van der Waals surface area (Å²) in [5.41, 5.74) is 2.73. The Balaban J connectivity index is 1.77.